The number of para-hydroxylation sites is 1. The van der Waals surface area contributed by atoms with Gasteiger partial charge in [-0.25, -0.2) is 4.98 Å². The monoisotopic (exact) mass is 346 g/mol. The van der Waals surface area contributed by atoms with E-state index in [9.17, 15) is 4.79 Å². The number of nitrogens with one attached hydrogen (secondary N) is 1. The first-order valence-electron chi connectivity index (χ1n) is 8.03. The molecule has 0 saturated carbocycles. The first-order chi connectivity index (χ1) is 11.7. The van der Waals surface area contributed by atoms with Gasteiger partial charge < -0.3 is 20.7 Å². The van der Waals surface area contributed by atoms with Crippen molar-refractivity contribution in [2.75, 3.05) is 33.3 Å². The van der Waals surface area contributed by atoms with Gasteiger partial charge in [-0.15, -0.1) is 11.3 Å². The van der Waals surface area contributed by atoms with Crippen molar-refractivity contribution in [1.82, 2.24) is 15.2 Å². The van der Waals surface area contributed by atoms with Crippen LogP contribution in [0.15, 0.2) is 29.6 Å². The number of hydrogen-bond donors (Lipinski definition) is 2. The maximum absolute atomic E-state index is 13.0. The zero-order valence-corrected chi connectivity index (χ0v) is 14.5. The number of carbonyl (C=O) groups is 1. The molecule has 1 aliphatic heterocycles. The molecule has 1 saturated heterocycles. The Labute approximate surface area is 145 Å². The fourth-order valence-electron chi connectivity index (χ4n) is 2.96. The number of methoxy groups -OCH3 is 1. The number of nitrogens with two attached hydrogens (primary N) is 1. The number of carbonyl (C=O) groups excluding carboxylic acids is 1. The van der Waals surface area contributed by atoms with Crippen molar-refractivity contribution in [1.29, 1.82) is 0 Å². The molecule has 0 aliphatic carbocycles. The van der Waals surface area contributed by atoms with E-state index in [1.165, 1.54) is 11.3 Å². The Morgan fingerprint density at radius 2 is 2.33 bits per heavy atom. The summed E-state index contributed by atoms with van der Waals surface area (Å²) in [6.45, 7) is 2.66. The molecule has 3 N–H and O–H groups in total. The number of amides is 1. The van der Waals surface area contributed by atoms with E-state index < -0.39 is 0 Å². The lowest BCUT2D eigenvalue weighted by atomic mass is 10.0. The van der Waals surface area contributed by atoms with Gasteiger partial charge in [-0.3, -0.25) is 4.79 Å². The number of aromatic nitrogens is 1. The number of rotatable bonds is 5. The van der Waals surface area contributed by atoms with Gasteiger partial charge in [0.2, 0.25) is 0 Å². The molecule has 2 aromatic rings. The van der Waals surface area contributed by atoms with Gasteiger partial charge in [0.1, 0.15) is 11.4 Å². The van der Waals surface area contributed by atoms with Crippen LogP contribution in [0.1, 0.15) is 27.1 Å². The van der Waals surface area contributed by atoms with E-state index in [4.69, 9.17) is 10.5 Å². The summed E-state index contributed by atoms with van der Waals surface area (Å²) in [7, 11) is 1.65. The molecule has 1 fully saturated rings. The van der Waals surface area contributed by atoms with Gasteiger partial charge in [0, 0.05) is 37.0 Å². The van der Waals surface area contributed by atoms with Crippen molar-refractivity contribution in [3.05, 3.63) is 45.9 Å². The average molecular weight is 346 g/mol. The van der Waals surface area contributed by atoms with Crippen LogP contribution in [-0.4, -0.2) is 49.1 Å². The minimum absolute atomic E-state index is 0.0353. The highest BCUT2D eigenvalue weighted by molar-refractivity contribution is 7.09. The molecule has 128 valence electrons. The van der Waals surface area contributed by atoms with Gasteiger partial charge in [-0.2, -0.15) is 0 Å². The third kappa shape index (κ3) is 3.43. The number of thiazole rings is 1. The topological polar surface area (TPSA) is 80.5 Å². The molecule has 0 radical (unpaired) electrons. The minimum Gasteiger partial charge on any atom is -0.496 e. The summed E-state index contributed by atoms with van der Waals surface area (Å²) in [5.74, 6) is 0.762. The molecule has 0 bridgehead atoms. The third-order valence-corrected chi connectivity index (χ3v) is 5.04. The maximum atomic E-state index is 13.0. The lowest BCUT2D eigenvalue weighted by Gasteiger charge is -2.36. The molecule has 3 rings (SSSR count). The Hall–Kier alpha value is -1.96. The molecule has 1 aliphatic rings. The Kier molecular flexibility index (Phi) is 5.44. The van der Waals surface area contributed by atoms with Crippen molar-refractivity contribution in [2.24, 2.45) is 5.73 Å². The molecular formula is C17H22N4O2S. The van der Waals surface area contributed by atoms with Gasteiger partial charge in [-0.05, 0) is 12.6 Å². The lowest BCUT2D eigenvalue weighted by molar-refractivity contribution is 0.0626. The van der Waals surface area contributed by atoms with Crippen molar-refractivity contribution < 1.29 is 9.53 Å². The first kappa shape index (κ1) is 16.9. The lowest BCUT2D eigenvalue weighted by Crippen LogP contribution is -2.48. The molecule has 1 aromatic heterocycles. The highest BCUT2D eigenvalue weighted by Gasteiger charge is 2.31. The van der Waals surface area contributed by atoms with Gasteiger partial charge >= 0.3 is 0 Å². The van der Waals surface area contributed by atoms with Gasteiger partial charge in [0.25, 0.3) is 5.91 Å². The van der Waals surface area contributed by atoms with Gasteiger partial charge in [0.05, 0.1) is 18.2 Å². The fraction of sp³-hybridized carbons (Fsp3) is 0.412. The summed E-state index contributed by atoms with van der Waals surface area (Å²) in [5.41, 5.74) is 7.08. The molecule has 1 atom stereocenters. The van der Waals surface area contributed by atoms with Crippen LogP contribution in [0.25, 0.3) is 0 Å². The zero-order chi connectivity index (χ0) is 16.9. The summed E-state index contributed by atoms with van der Waals surface area (Å²) in [6.07, 6.45) is 0.704. The Balaban J connectivity index is 1.87. The summed E-state index contributed by atoms with van der Waals surface area (Å²) in [4.78, 5) is 19.3. The zero-order valence-electron chi connectivity index (χ0n) is 13.7. The first-order valence-corrected chi connectivity index (χ1v) is 8.91. The maximum Gasteiger partial charge on any atom is 0.273 e. The highest BCUT2D eigenvalue weighted by atomic mass is 32.1. The Bertz CT molecular complexity index is 703. The summed E-state index contributed by atoms with van der Waals surface area (Å²) in [6, 6.07) is 7.77. The predicted molar refractivity (Wildman–Crippen MR) is 94.5 cm³/mol. The molecule has 6 nitrogen and oxygen atoms in total. The summed E-state index contributed by atoms with van der Waals surface area (Å²) >= 11 is 1.49. The number of piperazine rings is 1. The van der Waals surface area contributed by atoms with Crippen LogP contribution in [-0.2, 0) is 6.42 Å². The minimum atomic E-state index is -0.0675. The molecule has 7 heteroatoms. The second kappa shape index (κ2) is 7.74. The normalized spacial score (nSPS) is 17.8. The number of benzene rings is 1. The van der Waals surface area contributed by atoms with E-state index in [0.29, 0.717) is 31.7 Å². The van der Waals surface area contributed by atoms with Crippen LogP contribution in [0, 0.1) is 0 Å². The van der Waals surface area contributed by atoms with Crippen molar-refractivity contribution in [3.8, 4) is 5.75 Å². The SMILES string of the molecule is COc1ccccc1C1CNCCN1C(=O)c1csc(CCN)n1. The predicted octanol–water partition coefficient (Wildman–Crippen LogP) is 1.44. The summed E-state index contributed by atoms with van der Waals surface area (Å²) in [5, 5.41) is 6.10. The standard InChI is InChI=1S/C17H22N4O2S/c1-23-15-5-3-2-4-12(15)14-10-19-8-9-21(14)17(22)13-11-24-16(20-13)6-7-18/h2-5,11,14,19H,6-10,18H2,1H3. The second-order valence-corrected chi connectivity index (χ2v) is 6.57. The quantitative estimate of drug-likeness (QED) is 0.856. The molecule has 1 amide bonds. The molecular weight excluding hydrogens is 324 g/mol. The number of ether oxygens (including phenoxy) is 1. The summed E-state index contributed by atoms with van der Waals surface area (Å²) < 4.78 is 5.48. The van der Waals surface area contributed by atoms with E-state index >= 15 is 0 Å². The Morgan fingerprint density at radius 3 is 3.12 bits per heavy atom. The van der Waals surface area contributed by atoms with Crippen LogP contribution < -0.4 is 15.8 Å². The third-order valence-electron chi connectivity index (χ3n) is 4.13. The molecule has 0 spiro atoms. The van der Waals surface area contributed by atoms with Crippen LogP contribution in [0.5, 0.6) is 5.75 Å². The molecule has 1 unspecified atom stereocenters. The van der Waals surface area contributed by atoms with E-state index in [-0.39, 0.29) is 11.9 Å². The smallest absolute Gasteiger partial charge is 0.273 e. The highest BCUT2D eigenvalue weighted by Crippen LogP contribution is 2.31. The van der Waals surface area contributed by atoms with Crippen molar-refractivity contribution >= 4 is 17.2 Å². The number of nitrogens with zero attached hydrogens (tertiary/aromatic N) is 2. The molecule has 1 aromatic carbocycles. The van der Waals surface area contributed by atoms with Crippen LogP contribution >= 0.6 is 11.3 Å². The van der Waals surface area contributed by atoms with Gasteiger partial charge in [-0.1, -0.05) is 18.2 Å². The van der Waals surface area contributed by atoms with E-state index in [1.54, 1.807) is 7.11 Å². The van der Waals surface area contributed by atoms with Crippen LogP contribution in [0.4, 0.5) is 0 Å². The van der Waals surface area contributed by atoms with E-state index in [2.05, 4.69) is 10.3 Å². The molecule has 2 heterocycles. The largest absolute Gasteiger partial charge is 0.496 e. The second-order valence-electron chi connectivity index (χ2n) is 5.63. The van der Waals surface area contributed by atoms with Gasteiger partial charge in [0.15, 0.2) is 0 Å². The van der Waals surface area contributed by atoms with Crippen LogP contribution in [0.2, 0.25) is 0 Å². The van der Waals surface area contributed by atoms with Crippen molar-refractivity contribution in [2.45, 2.75) is 12.5 Å². The molecule has 24 heavy (non-hydrogen) atoms. The van der Waals surface area contributed by atoms with Crippen LogP contribution in [0.3, 0.4) is 0 Å². The van der Waals surface area contributed by atoms with E-state index in [1.807, 2.05) is 34.5 Å². The Morgan fingerprint density at radius 1 is 1.50 bits per heavy atom. The van der Waals surface area contributed by atoms with E-state index in [0.717, 1.165) is 22.9 Å². The average Bonchev–Trinajstić information content (AvgIpc) is 3.10. The fourth-order valence-corrected chi connectivity index (χ4v) is 3.75. The van der Waals surface area contributed by atoms with Crippen molar-refractivity contribution in [3.63, 3.8) is 0 Å². The number of hydrogen-bond acceptors (Lipinski definition) is 6.